The van der Waals surface area contributed by atoms with Gasteiger partial charge in [-0.1, -0.05) is 28.1 Å². The highest BCUT2D eigenvalue weighted by Gasteiger charge is 2.24. The Morgan fingerprint density at radius 1 is 1.07 bits per heavy atom. The van der Waals surface area contributed by atoms with Crippen LogP contribution in [0, 0.1) is 0 Å². The first-order chi connectivity index (χ1) is 13.1. The molecule has 1 N–H and O–H groups in total. The summed E-state index contributed by atoms with van der Waals surface area (Å²) < 4.78 is 6.09. The molecule has 0 aromatic heterocycles. The topological polar surface area (TPSA) is 79.0 Å². The average molecular weight is 452 g/mol. The maximum Gasteiger partial charge on any atom is 0.408 e. The second-order valence-corrected chi connectivity index (χ2v) is 8.36. The SMILES string of the molecule is CC(C)(C)OC(=O)NCC(=O)N1CCN(C(=O)/C=C/c2ccc(Br)cc2)CC1. The van der Waals surface area contributed by atoms with E-state index in [1.807, 2.05) is 24.3 Å². The van der Waals surface area contributed by atoms with Crippen LogP contribution in [-0.2, 0) is 14.3 Å². The van der Waals surface area contributed by atoms with Crippen LogP contribution in [0.3, 0.4) is 0 Å². The monoisotopic (exact) mass is 451 g/mol. The number of amides is 3. The van der Waals surface area contributed by atoms with Crippen molar-refractivity contribution in [3.05, 3.63) is 40.4 Å². The molecule has 7 nitrogen and oxygen atoms in total. The Kier molecular flexibility index (Phi) is 7.62. The normalized spacial score (nSPS) is 14.9. The smallest absolute Gasteiger partial charge is 0.408 e. The molecule has 0 spiro atoms. The van der Waals surface area contributed by atoms with Crippen molar-refractivity contribution in [3.63, 3.8) is 0 Å². The van der Waals surface area contributed by atoms with E-state index in [9.17, 15) is 14.4 Å². The Labute approximate surface area is 173 Å². The van der Waals surface area contributed by atoms with E-state index in [1.165, 1.54) is 0 Å². The Morgan fingerprint density at radius 2 is 1.64 bits per heavy atom. The molecule has 152 valence electrons. The zero-order valence-corrected chi connectivity index (χ0v) is 18.0. The zero-order chi connectivity index (χ0) is 20.7. The third-order valence-electron chi connectivity index (χ3n) is 4.02. The Balaban J connectivity index is 1.75. The van der Waals surface area contributed by atoms with Crippen molar-refractivity contribution in [2.24, 2.45) is 0 Å². The number of rotatable bonds is 4. The number of benzene rings is 1. The van der Waals surface area contributed by atoms with Crippen LogP contribution < -0.4 is 5.32 Å². The summed E-state index contributed by atoms with van der Waals surface area (Å²) in [7, 11) is 0. The molecule has 1 aliphatic rings. The molecule has 3 amide bonds. The van der Waals surface area contributed by atoms with Gasteiger partial charge in [0, 0.05) is 36.7 Å². The number of piperazine rings is 1. The highest BCUT2D eigenvalue weighted by molar-refractivity contribution is 9.10. The van der Waals surface area contributed by atoms with Gasteiger partial charge in [0.05, 0.1) is 0 Å². The van der Waals surface area contributed by atoms with Gasteiger partial charge in [0.2, 0.25) is 11.8 Å². The van der Waals surface area contributed by atoms with Crippen molar-refractivity contribution in [2.75, 3.05) is 32.7 Å². The maximum atomic E-state index is 12.3. The number of nitrogens with zero attached hydrogens (tertiary/aromatic N) is 2. The Hall–Kier alpha value is -2.35. The molecule has 1 aliphatic heterocycles. The fourth-order valence-corrected chi connectivity index (χ4v) is 2.86. The zero-order valence-electron chi connectivity index (χ0n) is 16.4. The number of alkyl carbamates (subject to hydrolysis) is 1. The summed E-state index contributed by atoms with van der Waals surface area (Å²) in [6.45, 7) is 6.95. The number of hydrogen-bond donors (Lipinski definition) is 1. The lowest BCUT2D eigenvalue weighted by Crippen LogP contribution is -2.52. The summed E-state index contributed by atoms with van der Waals surface area (Å²) in [6.07, 6.45) is 2.70. The first-order valence-electron chi connectivity index (χ1n) is 9.11. The van der Waals surface area contributed by atoms with E-state index >= 15 is 0 Å². The number of carbonyl (C=O) groups is 3. The largest absolute Gasteiger partial charge is 0.444 e. The van der Waals surface area contributed by atoms with E-state index in [2.05, 4.69) is 21.2 Å². The number of ether oxygens (including phenoxy) is 1. The van der Waals surface area contributed by atoms with Gasteiger partial charge in [-0.05, 0) is 44.5 Å². The van der Waals surface area contributed by atoms with Crippen molar-refractivity contribution in [1.29, 1.82) is 0 Å². The number of hydrogen-bond acceptors (Lipinski definition) is 4. The van der Waals surface area contributed by atoms with Gasteiger partial charge < -0.3 is 19.9 Å². The van der Waals surface area contributed by atoms with Gasteiger partial charge >= 0.3 is 6.09 Å². The third-order valence-corrected chi connectivity index (χ3v) is 4.54. The standard InChI is InChI=1S/C20H26BrN3O4/c1-20(2,3)28-19(27)22-14-18(26)24-12-10-23(11-13-24)17(25)9-6-15-4-7-16(21)8-5-15/h4-9H,10-14H2,1-3H3,(H,22,27)/b9-6+. The summed E-state index contributed by atoms with van der Waals surface area (Å²) in [5.74, 6) is -0.273. The minimum Gasteiger partial charge on any atom is -0.444 e. The molecule has 0 radical (unpaired) electrons. The minimum absolute atomic E-state index is 0.0816. The molecule has 8 heteroatoms. The lowest BCUT2D eigenvalue weighted by molar-refractivity contribution is -0.136. The summed E-state index contributed by atoms with van der Waals surface area (Å²) in [5, 5.41) is 2.47. The van der Waals surface area contributed by atoms with Crippen LogP contribution in [0.2, 0.25) is 0 Å². The molecule has 1 heterocycles. The second-order valence-electron chi connectivity index (χ2n) is 7.45. The molecule has 1 saturated heterocycles. The Morgan fingerprint density at radius 3 is 2.21 bits per heavy atom. The van der Waals surface area contributed by atoms with E-state index in [0.717, 1.165) is 10.0 Å². The van der Waals surface area contributed by atoms with Gasteiger partial charge in [-0.25, -0.2) is 4.79 Å². The van der Waals surface area contributed by atoms with Crippen molar-refractivity contribution in [2.45, 2.75) is 26.4 Å². The maximum absolute atomic E-state index is 12.3. The molecule has 2 rings (SSSR count). The molecule has 0 bridgehead atoms. The summed E-state index contributed by atoms with van der Waals surface area (Å²) in [4.78, 5) is 39.5. The lowest BCUT2D eigenvalue weighted by Gasteiger charge is -2.34. The van der Waals surface area contributed by atoms with Gasteiger partial charge in [-0.15, -0.1) is 0 Å². The van der Waals surface area contributed by atoms with Gasteiger partial charge in [0.1, 0.15) is 12.1 Å². The first kappa shape index (κ1) is 21.9. The summed E-state index contributed by atoms with van der Waals surface area (Å²) >= 11 is 3.38. The van der Waals surface area contributed by atoms with Crippen molar-refractivity contribution in [3.8, 4) is 0 Å². The second kappa shape index (κ2) is 9.73. The minimum atomic E-state index is -0.618. The fraction of sp³-hybridized carbons (Fsp3) is 0.450. The van der Waals surface area contributed by atoms with Gasteiger partial charge in [-0.3, -0.25) is 9.59 Å². The summed E-state index contributed by atoms with van der Waals surface area (Å²) in [5.41, 5.74) is 0.335. The van der Waals surface area contributed by atoms with E-state index < -0.39 is 11.7 Å². The lowest BCUT2D eigenvalue weighted by atomic mass is 10.2. The quantitative estimate of drug-likeness (QED) is 0.713. The molecule has 1 aromatic carbocycles. The van der Waals surface area contributed by atoms with Crippen LogP contribution in [0.25, 0.3) is 6.08 Å². The molecule has 0 aliphatic carbocycles. The van der Waals surface area contributed by atoms with Gasteiger partial charge in [0.15, 0.2) is 0 Å². The van der Waals surface area contributed by atoms with E-state index in [-0.39, 0.29) is 18.4 Å². The van der Waals surface area contributed by atoms with E-state index in [4.69, 9.17) is 4.74 Å². The number of halogens is 1. The molecule has 0 atom stereocenters. The van der Waals surface area contributed by atoms with Crippen LogP contribution in [0.1, 0.15) is 26.3 Å². The average Bonchev–Trinajstić information content (AvgIpc) is 2.64. The number of nitrogens with one attached hydrogen (secondary N) is 1. The Bertz CT molecular complexity index is 733. The van der Waals surface area contributed by atoms with Crippen molar-refractivity contribution in [1.82, 2.24) is 15.1 Å². The van der Waals surface area contributed by atoms with Crippen molar-refractivity contribution < 1.29 is 19.1 Å². The predicted octanol–water partition coefficient (Wildman–Crippen LogP) is 2.66. The summed E-state index contributed by atoms with van der Waals surface area (Å²) in [6, 6.07) is 7.67. The van der Waals surface area contributed by atoms with Gasteiger partial charge in [0.25, 0.3) is 0 Å². The van der Waals surface area contributed by atoms with Gasteiger partial charge in [-0.2, -0.15) is 0 Å². The molecule has 1 fully saturated rings. The highest BCUT2D eigenvalue weighted by atomic mass is 79.9. The molecule has 0 saturated carbocycles. The molecule has 1 aromatic rings. The molecular weight excluding hydrogens is 426 g/mol. The van der Waals surface area contributed by atoms with E-state index in [1.54, 1.807) is 42.7 Å². The molecule has 28 heavy (non-hydrogen) atoms. The molecular formula is C20H26BrN3O4. The molecule has 0 unspecified atom stereocenters. The van der Waals surface area contributed by atoms with Crippen LogP contribution in [0.5, 0.6) is 0 Å². The third kappa shape index (κ3) is 7.34. The van der Waals surface area contributed by atoms with E-state index in [0.29, 0.717) is 26.2 Å². The van der Waals surface area contributed by atoms with Crippen molar-refractivity contribution >= 4 is 39.9 Å². The first-order valence-corrected chi connectivity index (χ1v) is 9.90. The fourth-order valence-electron chi connectivity index (χ4n) is 2.60. The van der Waals surface area contributed by atoms with Crippen LogP contribution in [-0.4, -0.2) is 66.0 Å². The van der Waals surface area contributed by atoms with Crippen LogP contribution in [0.15, 0.2) is 34.8 Å². The number of carbonyl (C=O) groups excluding carboxylic acids is 3. The predicted molar refractivity (Wildman–Crippen MR) is 111 cm³/mol. The van der Waals surface area contributed by atoms with Crippen LogP contribution >= 0.6 is 15.9 Å². The highest BCUT2D eigenvalue weighted by Crippen LogP contribution is 2.12. The van der Waals surface area contributed by atoms with Crippen LogP contribution in [0.4, 0.5) is 4.79 Å².